The van der Waals surface area contributed by atoms with Crippen LogP contribution in [0.25, 0.3) is 10.9 Å². The molecule has 1 N–H and O–H groups in total. The molecule has 10 heteroatoms. The summed E-state index contributed by atoms with van der Waals surface area (Å²) in [7, 11) is 2.27. The van der Waals surface area contributed by atoms with Gasteiger partial charge in [0.15, 0.2) is 5.78 Å². The number of rotatable bonds is 3. The second-order valence-corrected chi connectivity index (χ2v) is 5.05. The van der Waals surface area contributed by atoms with Crippen molar-refractivity contribution in [1.82, 2.24) is 4.57 Å². The van der Waals surface area contributed by atoms with Crippen LogP contribution in [-0.2, 0) is 9.47 Å². The van der Waals surface area contributed by atoms with Crippen molar-refractivity contribution in [1.29, 1.82) is 0 Å². The second kappa shape index (κ2) is 6.59. The minimum Gasteiger partial charge on any atom is -0.453 e. The highest BCUT2D eigenvalue weighted by Gasteiger charge is 2.30. The first-order chi connectivity index (χ1) is 11.7. The zero-order chi connectivity index (χ0) is 18.9. The molecule has 0 fully saturated rings. The van der Waals surface area contributed by atoms with E-state index in [0.29, 0.717) is 0 Å². The number of ether oxygens (including phenoxy) is 2. The van der Waals surface area contributed by atoms with Crippen LogP contribution in [0, 0.1) is 17.0 Å². The molecule has 1 aromatic heterocycles. The molecule has 25 heavy (non-hydrogen) atoms. The van der Waals surface area contributed by atoms with Gasteiger partial charge in [-0.05, 0) is 26.0 Å². The van der Waals surface area contributed by atoms with Gasteiger partial charge in [-0.3, -0.25) is 20.2 Å². The topological polar surface area (TPSA) is 130 Å². The molecule has 2 aromatic rings. The maximum Gasteiger partial charge on any atom is 0.418 e. The van der Waals surface area contributed by atoms with Crippen LogP contribution in [0.3, 0.4) is 0 Å². The van der Waals surface area contributed by atoms with Gasteiger partial charge >= 0.3 is 17.9 Å². The van der Waals surface area contributed by atoms with E-state index in [1.54, 1.807) is 0 Å². The number of methoxy groups -OCH3 is 2. The number of nitrogens with zero attached hydrogens (tertiary/aromatic N) is 2. The molecule has 1 heterocycles. The van der Waals surface area contributed by atoms with E-state index in [-0.39, 0.29) is 27.8 Å². The number of benzene rings is 1. The molecule has 1 aromatic carbocycles. The van der Waals surface area contributed by atoms with Gasteiger partial charge in [-0.1, -0.05) is 0 Å². The van der Waals surface area contributed by atoms with Gasteiger partial charge in [0, 0.05) is 5.69 Å². The maximum absolute atomic E-state index is 12.1. The lowest BCUT2D eigenvalue weighted by Gasteiger charge is -2.07. The number of hydrogen-bond donors (Lipinski definition) is 1. The van der Waals surface area contributed by atoms with Crippen LogP contribution in [0.5, 0.6) is 0 Å². The standard InChI is InChI=1S/C15H15N3O7/c1-7-11(8(2)19)12-10(17(7)15(21)25-4)6-5-9(13(12)18(22)23)16-14(20)24-3/h5-6H,1-4H3,(H,16,20). The molecule has 0 saturated carbocycles. The Morgan fingerprint density at radius 1 is 1.20 bits per heavy atom. The molecule has 0 radical (unpaired) electrons. The summed E-state index contributed by atoms with van der Waals surface area (Å²) in [5.74, 6) is -0.469. The lowest BCUT2D eigenvalue weighted by atomic mass is 10.0. The number of Topliss-reactive ketones (excluding diaryl/α,β-unsaturated/α-hetero) is 1. The van der Waals surface area contributed by atoms with E-state index >= 15 is 0 Å². The van der Waals surface area contributed by atoms with Crippen LogP contribution in [0.2, 0.25) is 0 Å². The number of aromatic nitrogens is 1. The summed E-state index contributed by atoms with van der Waals surface area (Å²) >= 11 is 0. The monoisotopic (exact) mass is 349 g/mol. The highest BCUT2D eigenvalue weighted by Crippen LogP contribution is 2.39. The molecule has 1 amide bonds. The number of carbonyl (C=O) groups excluding carboxylic acids is 3. The Hall–Kier alpha value is -3.43. The van der Waals surface area contributed by atoms with Crippen LogP contribution >= 0.6 is 0 Å². The van der Waals surface area contributed by atoms with Crippen molar-refractivity contribution in [2.24, 2.45) is 0 Å². The van der Waals surface area contributed by atoms with Crippen LogP contribution in [0.4, 0.5) is 21.0 Å². The summed E-state index contributed by atoms with van der Waals surface area (Å²) in [5, 5.41) is 13.8. The van der Waals surface area contributed by atoms with Gasteiger partial charge in [0.2, 0.25) is 0 Å². The van der Waals surface area contributed by atoms with Crippen LogP contribution in [0.1, 0.15) is 23.0 Å². The van der Waals surface area contributed by atoms with E-state index in [4.69, 9.17) is 0 Å². The van der Waals surface area contributed by atoms with Gasteiger partial charge in [0.05, 0.1) is 35.6 Å². The summed E-state index contributed by atoms with van der Waals surface area (Å²) in [4.78, 5) is 46.4. The number of hydrogen-bond acceptors (Lipinski definition) is 7. The quantitative estimate of drug-likeness (QED) is 0.512. The van der Waals surface area contributed by atoms with Gasteiger partial charge in [0.1, 0.15) is 5.69 Å². The van der Waals surface area contributed by atoms with Crippen molar-refractivity contribution in [2.75, 3.05) is 19.5 Å². The zero-order valence-corrected chi connectivity index (χ0v) is 13.9. The van der Waals surface area contributed by atoms with Gasteiger partial charge in [-0.2, -0.15) is 0 Å². The maximum atomic E-state index is 12.1. The molecule has 0 unspecified atom stereocenters. The Kier molecular flexibility index (Phi) is 4.72. The molecule has 0 aliphatic carbocycles. The Morgan fingerprint density at radius 2 is 1.84 bits per heavy atom. The van der Waals surface area contributed by atoms with Crippen molar-refractivity contribution in [2.45, 2.75) is 13.8 Å². The molecular weight excluding hydrogens is 334 g/mol. The smallest absolute Gasteiger partial charge is 0.418 e. The van der Waals surface area contributed by atoms with Crippen molar-refractivity contribution < 1.29 is 28.8 Å². The second-order valence-electron chi connectivity index (χ2n) is 5.05. The summed E-state index contributed by atoms with van der Waals surface area (Å²) < 4.78 is 10.2. The molecule has 0 atom stereocenters. The molecule has 0 spiro atoms. The lowest BCUT2D eigenvalue weighted by molar-refractivity contribution is -0.382. The van der Waals surface area contributed by atoms with E-state index in [0.717, 1.165) is 18.8 Å². The van der Waals surface area contributed by atoms with E-state index in [1.807, 2.05) is 0 Å². The van der Waals surface area contributed by atoms with E-state index in [1.165, 1.54) is 26.0 Å². The summed E-state index contributed by atoms with van der Waals surface area (Å²) in [5.41, 5.74) is -0.349. The van der Waals surface area contributed by atoms with E-state index in [9.17, 15) is 24.5 Å². The summed E-state index contributed by atoms with van der Waals surface area (Å²) in [6.45, 7) is 2.71. The predicted octanol–water partition coefficient (Wildman–Crippen LogP) is 2.85. The predicted molar refractivity (Wildman–Crippen MR) is 87.2 cm³/mol. The summed E-state index contributed by atoms with van der Waals surface area (Å²) in [6, 6.07) is 2.63. The Morgan fingerprint density at radius 3 is 2.32 bits per heavy atom. The highest BCUT2D eigenvalue weighted by atomic mass is 16.6. The first kappa shape index (κ1) is 17.9. The number of amides is 1. The lowest BCUT2D eigenvalue weighted by Crippen LogP contribution is -2.14. The number of nitro benzene ring substituents is 1. The molecule has 0 aliphatic rings. The third kappa shape index (κ3) is 2.89. The average molecular weight is 349 g/mol. The SMILES string of the molecule is COC(=O)Nc1ccc2c(c(C(C)=O)c(C)n2C(=O)OC)c1[N+](=O)[O-]. The molecular formula is C15H15N3O7. The number of carbonyl (C=O) groups is 3. The van der Waals surface area contributed by atoms with Crippen molar-refractivity contribution in [3.63, 3.8) is 0 Å². The Labute approximate surface area is 141 Å². The van der Waals surface area contributed by atoms with Crippen molar-refractivity contribution >= 4 is 40.2 Å². The third-order valence-corrected chi connectivity index (χ3v) is 3.66. The van der Waals surface area contributed by atoms with Gasteiger partial charge in [-0.15, -0.1) is 0 Å². The Balaban J connectivity index is 2.97. The molecule has 10 nitrogen and oxygen atoms in total. The number of nitrogens with one attached hydrogen (secondary N) is 1. The van der Waals surface area contributed by atoms with Crippen LogP contribution in [0.15, 0.2) is 12.1 Å². The normalized spacial score (nSPS) is 10.4. The molecule has 2 rings (SSSR count). The van der Waals surface area contributed by atoms with Crippen molar-refractivity contribution in [3.05, 3.63) is 33.5 Å². The van der Waals surface area contributed by atoms with E-state index in [2.05, 4.69) is 14.8 Å². The van der Waals surface area contributed by atoms with Crippen LogP contribution in [-0.4, -0.2) is 41.7 Å². The zero-order valence-electron chi connectivity index (χ0n) is 13.9. The number of anilines is 1. The first-order valence-corrected chi connectivity index (χ1v) is 7.01. The molecule has 0 saturated heterocycles. The third-order valence-electron chi connectivity index (χ3n) is 3.66. The molecule has 132 valence electrons. The largest absolute Gasteiger partial charge is 0.453 e. The number of fused-ring (bicyclic) bond motifs is 1. The van der Waals surface area contributed by atoms with Gasteiger partial charge < -0.3 is 9.47 Å². The van der Waals surface area contributed by atoms with Gasteiger partial charge in [0.25, 0.3) is 0 Å². The molecule has 0 aliphatic heterocycles. The number of nitro groups is 1. The fraction of sp³-hybridized carbons (Fsp3) is 0.267. The number of ketones is 1. The first-order valence-electron chi connectivity index (χ1n) is 7.01. The van der Waals surface area contributed by atoms with Crippen LogP contribution < -0.4 is 5.32 Å². The average Bonchev–Trinajstić information content (AvgIpc) is 2.85. The van der Waals surface area contributed by atoms with Crippen molar-refractivity contribution in [3.8, 4) is 0 Å². The highest BCUT2D eigenvalue weighted by molar-refractivity contribution is 6.15. The summed E-state index contributed by atoms with van der Waals surface area (Å²) in [6.07, 6.45) is -1.70. The van der Waals surface area contributed by atoms with E-state index < -0.39 is 28.6 Å². The Bertz CT molecular complexity index is 914. The minimum absolute atomic E-state index is 0.000570. The van der Waals surface area contributed by atoms with Gasteiger partial charge in [-0.25, -0.2) is 14.2 Å². The fourth-order valence-electron chi connectivity index (χ4n) is 2.70. The molecule has 0 bridgehead atoms. The fourth-order valence-corrected chi connectivity index (χ4v) is 2.70. The minimum atomic E-state index is -0.907.